The first-order valence-electron chi connectivity index (χ1n) is 12.0. The van der Waals surface area contributed by atoms with Gasteiger partial charge < -0.3 is 20.1 Å². The highest BCUT2D eigenvalue weighted by Gasteiger charge is 2.37. The maximum Gasteiger partial charge on any atom is 0.407 e. The number of nitrogens with zero attached hydrogens (tertiary/aromatic N) is 3. The number of hydrogen-bond donors (Lipinski definition) is 2. The van der Waals surface area contributed by atoms with Gasteiger partial charge in [-0.1, -0.05) is 6.92 Å². The largest absolute Gasteiger partial charge is 0.486 e. The maximum absolute atomic E-state index is 14.6. The van der Waals surface area contributed by atoms with Gasteiger partial charge in [0.2, 0.25) is 0 Å². The quantitative estimate of drug-likeness (QED) is 0.479. The molecule has 0 radical (unpaired) electrons. The molecule has 4 rings (SSSR count). The number of ether oxygens (including phenoxy) is 2. The van der Waals surface area contributed by atoms with E-state index in [1.165, 1.54) is 12.1 Å². The molecule has 2 atom stereocenters. The molecular formula is C26H34FN5O3. The fourth-order valence-electron chi connectivity index (χ4n) is 4.30. The minimum Gasteiger partial charge on any atom is -0.486 e. The van der Waals surface area contributed by atoms with Crippen LogP contribution < -0.4 is 15.4 Å². The van der Waals surface area contributed by atoms with Crippen LogP contribution in [-0.2, 0) is 17.6 Å². The minimum atomic E-state index is -0.565. The van der Waals surface area contributed by atoms with E-state index in [0.717, 1.165) is 28.9 Å². The third kappa shape index (κ3) is 5.83. The molecule has 0 saturated carbocycles. The van der Waals surface area contributed by atoms with Crippen molar-refractivity contribution in [1.82, 2.24) is 19.9 Å². The van der Waals surface area contributed by atoms with Gasteiger partial charge in [0.1, 0.15) is 28.6 Å². The van der Waals surface area contributed by atoms with Crippen LogP contribution in [0.2, 0.25) is 0 Å². The number of carbonyl (C=O) groups is 1. The van der Waals surface area contributed by atoms with Crippen molar-refractivity contribution in [3.63, 3.8) is 0 Å². The first-order chi connectivity index (χ1) is 16.4. The van der Waals surface area contributed by atoms with Gasteiger partial charge in [-0.3, -0.25) is 0 Å². The topological polar surface area (TPSA) is 89.8 Å². The molecule has 0 aliphatic carbocycles. The Kier molecular flexibility index (Phi) is 6.62. The first kappa shape index (κ1) is 24.8. The number of rotatable bonds is 7. The summed E-state index contributed by atoms with van der Waals surface area (Å²) in [5.41, 5.74) is 2.15. The smallest absolute Gasteiger partial charge is 0.407 e. The van der Waals surface area contributed by atoms with Crippen LogP contribution in [0.3, 0.4) is 0 Å². The predicted molar refractivity (Wildman–Crippen MR) is 132 cm³/mol. The second-order valence-electron chi connectivity index (χ2n) is 10.4. The Morgan fingerprint density at radius 2 is 2.11 bits per heavy atom. The van der Waals surface area contributed by atoms with Crippen molar-refractivity contribution in [2.45, 2.75) is 78.0 Å². The highest BCUT2D eigenvalue weighted by Crippen LogP contribution is 2.42. The van der Waals surface area contributed by atoms with Crippen molar-refractivity contribution in [2.75, 3.05) is 11.9 Å². The Morgan fingerprint density at radius 1 is 1.34 bits per heavy atom. The van der Waals surface area contributed by atoms with E-state index in [1.54, 1.807) is 4.52 Å². The Balaban J connectivity index is 1.46. The van der Waals surface area contributed by atoms with Gasteiger partial charge in [0.15, 0.2) is 5.65 Å². The SMILES string of the molecule is CCc1cc2nc(N[C@H](C)c3cc(F)cc4c3O[C@](C)(CCNC(=O)OC(C)(C)C)C4)ccn2n1. The van der Waals surface area contributed by atoms with E-state index < -0.39 is 17.3 Å². The summed E-state index contributed by atoms with van der Waals surface area (Å²) in [5, 5.41) is 10.6. The number of carbonyl (C=O) groups excluding carboxylic acids is 1. The maximum atomic E-state index is 14.6. The van der Waals surface area contributed by atoms with E-state index in [1.807, 2.05) is 52.9 Å². The summed E-state index contributed by atoms with van der Waals surface area (Å²) in [6.45, 7) is 11.8. The number of aryl methyl sites for hydroxylation is 1. The summed E-state index contributed by atoms with van der Waals surface area (Å²) in [4.78, 5) is 16.6. The molecule has 0 bridgehead atoms. The van der Waals surface area contributed by atoms with Crippen molar-refractivity contribution in [2.24, 2.45) is 0 Å². The zero-order valence-corrected chi connectivity index (χ0v) is 21.2. The van der Waals surface area contributed by atoms with Crippen molar-refractivity contribution < 1.29 is 18.7 Å². The Bertz CT molecular complexity index is 1240. The van der Waals surface area contributed by atoms with Crippen LogP contribution in [-0.4, -0.2) is 38.4 Å². The molecule has 3 heterocycles. The molecule has 188 valence electrons. The van der Waals surface area contributed by atoms with Crippen molar-refractivity contribution >= 4 is 17.6 Å². The Labute approximate surface area is 205 Å². The molecule has 3 aromatic rings. The zero-order valence-electron chi connectivity index (χ0n) is 21.2. The number of benzene rings is 1. The van der Waals surface area contributed by atoms with Crippen molar-refractivity contribution in [3.05, 3.63) is 53.1 Å². The number of fused-ring (bicyclic) bond motifs is 2. The number of hydrogen-bond acceptors (Lipinski definition) is 6. The second kappa shape index (κ2) is 9.36. The molecule has 0 saturated heterocycles. The van der Waals surface area contributed by atoms with Gasteiger partial charge in [0.05, 0.1) is 11.7 Å². The molecule has 35 heavy (non-hydrogen) atoms. The van der Waals surface area contributed by atoms with E-state index in [9.17, 15) is 9.18 Å². The molecule has 0 spiro atoms. The van der Waals surface area contributed by atoms with E-state index in [2.05, 4.69) is 27.6 Å². The van der Waals surface area contributed by atoms with Crippen LogP contribution in [0.5, 0.6) is 5.75 Å². The summed E-state index contributed by atoms with van der Waals surface area (Å²) in [6.07, 6.45) is 3.34. The molecule has 0 unspecified atom stereocenters. The van der Waals surface area contributed by atoms with Gasteiger partial charge >= 0.3 is 6.09 Å². The summed E-state index contributed by atoms with van der Waals surface area (Å²) >= 11 is 0. The summed E-state index contributed by atoms with van der Waals surface area (Å²) in [5.74, 6) is 1.05. The highest BCUT2D eigenvalue weighted by molar-refractivity contribution is 5.67. The van der Waals surface area contributed by atoms with Gasteiger partial charge in [-0.05, 0) is 59.2 Å². The lowest BCUT2D eigenvalue weighted by atomic mass is 9.94. The first-order valence-corrected chi connectivity index (χ1v) is 12.0. The van der Waals surface area contributed by atoms with Gasteiger partial charge in [-0.25, -0.2) is 18.7 Å². The molecule has 8 nitrogen and oxygen atoms in total. The second-order valence-corrected chi connectivity index (χ2v) is 10.4. The van der Waals surface area contributed by atoms with E-state index >= 15 is 0 Å². The fourth-order valence-corrected chi connectivity index (χ4v) is 4.30. The molecule has 9 heteroatoms. The van der Waals surface area contributed by atoms with Gasteiger partial charge in [-0.15, -0.1) is 0 Å². The van der Waals surface area contributed by atoms with Crippen LogP contribution in [0.15, 0.2) is 30.5 Å². The number of nitrogens with one attached hydrogen (secondary N) is 2. The van der Waals surface area contributed by atoms with Gasteiger partial charge in [0.25, 0.3) is 0 Å². The van der Waals surface area contributed by atoms with Gasteiger partial charge in [0, 0.05) is 42.8 Å². The number of anilines is 1. The normalized spacial score (nSPS) is 18.1. The van der Waals surface area contributed by atoms with E-state index in [0.29, 0.717) is 31.0 Å². The predicted octanol–water partition coefficient (Wildman–Crippen LogP) is 5.21. The standard InChI is InChI=1S/C26H34FN5O3/c1-7-19-14-22-30-21(8-11-32(22)31-19)29-16(2)20-13-18(27)12-17-15-26(6,34-23(17)20)9-10-28-24(33)35-25(3,4)5/h8,11-14,16H,7,9-10,15H2,1-6H3,(H,28,33)(H,29,30)/t16-,26-/m1/s1. The highest BCUT2D eigenvalue weighted by atomic mass is 19.1. The molecular weight excluding hydrogens is 449 g/mol. The van der Waals surface area contributed by atoms with Gasteiger partial charge in [-0.2, -0.15) is 5.10 Å². The Hall–Kier alpha value is -3.36. The number of alkyl carbamates (subject to hydrolysis) is 1. The number of aromatic nitrogens is 3. The number of halogens is 1. The van der Waals surface area contributed by atoms with E-state index in [4.69, 9.17) is 9.47 Å². The van der Waals surface area contributed by atoms with Crippen molar-refractivity contribution in [3.8, 4) is 5.75 Å². The molecule has 1 aliphatic heterocycles. The molecule has 0 fully saturated rings. The number of amides is 1. The molecule has 2 aromatic heterocycles. The molecule has 1 aromatic carbocycles. The minimum absolute atomic E-state index is 0.245. The third-order valence-electron chi connectivity index (χ3n) is 5.96. The van der Waals surface area contributed by atoms with Crippen LogP contribution in [0.4, 0.5) is 15.0 Å². The van der Waals surface area contributed by atoms with Crippen LogP contribution in [0, 0.1) is 5.82 Å². The van der Waals surface area contributed by atoms with Crippen LogP contribution in [0.1, 0.15) is 70.8 Å². The summed E-state index contributed by atoms with van der Waals surface area (Å²) in [6, 6.07) is 6.60. The summed E-state index contributed by atoms with van der Waals surface area (Å²) in [7, 11) is 0. The van der Waals surface area contributed by atoms with Crippen molar-refractivity contribution in [1.29, 1.82) is 0 Å². The third-order valence-corrected chi connectivity index (χ3v) is 5.96. The molecule has 1 amide bonds. The monoisotopic (exact) mass is 483 g/mol. The fraction of sp³-hybridized carbons (Fsp3) is 0.500. The van der Waals surface area contributed by atoms with E-state index in [-0.39, 0.29) is 11.9 Å². The Morgan fingerprint density at radius 3 is 2.83 bits per heavy atom. The molecule has 1 aliphatic rings. The molecule has 2 N–H and O–H groups in total. The van der Waals surface area contributed by atoms with Crippen LogP contribution >= 0.6 is 0 Å². The lowest BCUT2D eigenvalue weighted by Gasteiger charge is -2.26. The lowest BCUT2D eigenvalue weighted by molar-refractivity contribution is 0.0503. The summed E-state index contributed by atoms with van der Waals surface area (Å²) < 4.78 is 28.0. The lowest BCUT2D eigenvalue weighted by Crippen LogP contribution is -2.38. The zero-order chi connectivity index (χ0) is 25.4. The average molecular weight is 484 g/mol. The van der Waals surface area contributed by atoms with Crippen LogP contribution in [0.25, 0.3) is 5.65 Å². The average Bonchev–Trinajstić information content (AvgIpc) is 3.31.